The zero-order valence-electron chi connectivity index (χ0n) is 35.9. The Labute approximate surface area is 362 Å². The fourth-order valence-corrected chi connectivity index (χ4v) is 9.32. The highest BCUT2D eigenvalue weighted by Gasteiger charge is 2.38. The molecule has 0 radical (unpaired) electrons. The Morgan fingerprint density at radius 3 is 2.23 bits per heavy atom. The molecule has 2 atom stereocenters. The van der Waals surface area contributed by atoms with E-state index < -0.39 is 0 Å². The Morgan fingerprint density at radius 1 is 0.806 bits per heavy atom. The van der Waals surface area contributed by atoms with E-state index in [-0.39, 0.29) is 37.1 Å². The van der Waals surface area contributed by atoms with Crippen molar-refractivity contribution in [2.24, 2.45) is 10.1 Å². The zero-order chi connectivity index (χ0) is 42.9. The molecule has 4 aliphatic heterocycles. The van der Waals surface area contributed by atoms with E-state index in [2.05, 4.69) is 57.9 Å². The monoisotopic (exact) mass is 832 g/mol. The van der Waals surface area contributed by atoms with E-state index in [1.54, 1.807) is 33.4 Å². The van der Waals surface area contributed by atoms with Crippen molar-refractivity contribution in [1.82, 2.24) is 5.43 Å². The van der Waals surface area contributed by atoms with Crippen molar-refractivity contribution in [1.29, 1.82) is 0 Å². The first-order valence-electron chi connectivity index (χ1n) is 21.3. The SMILES string of the molecule is CN/N=C(\C)CN(CCOC)c1cc(COc2cc3c(cc2C)C(=O)N2c4ccccc4C[C@H]2CC3)cc(COc2cc3c(cc2OC)C(=O)N2c4ccccc4C[C@H]2C=N3)c1. The predicted molar refractivity (Wildman–Crippen MR) is 243 cm³/mol. The van der Waals surface area contributed by atoms with Crippen LogP contribution in [0.25, 0.3) is 0 Å². The van der Waals surface area contributed by atoms with Crippen LogP contribution in [0, 0.1) is 6.92 Å². The van der Waals surface area contributed by atoms with Gasteiger partial charge in [0, 0.05) is 68.1 Å². The highest BCUT2D eigenvalue weighted by molar-refractivity contribution is 6.15. The topological polar surface area (TPSA) is 118 Å². The van der Waals surface area contributed by atoms with E-state index in [0.717, 1.165) is 81.2 Å². The standard InChI is InChI=1S/C50H52N6O6/c1-31-18-41-35(14-15-38-22-36-10-6-8-12-44(36)55(38)49(41)57)24-46(31)61-29-33-19-34(21-39(20-33)54(16-17-59-4)28-32(2)53-51-3)30-62-48-26-43-42(25-47(48)60-5)50(58)56-40(27-52-43)23-37-11-7-9-13-45(37)56/h6-13,18-21,24-27,38,40,51H,14-17,22-23,28-30H2,1-5H3/b53-32+/t38-,40+/m1/s1. The van der Waals surface area contributed by atoms with E-state index in [1.807, 2.05) is 66.3 Å². The number of hydrazone groups is 1. The number of aryl methyl sites for hydroxylation is 2. The molecular formula is C50H52N6O6. The highest BCUT2D eigenvalue weighted by Crippen LogP contribution is 2.42. The number of carbonyl (C=O) groups is 2. The number of anilines is 3. The third kappa shape index (κ3) is 7.86. The minimum Gasteiger partial charge on any atom is -0.493 e. The summed E-state index contributed by atoms with van der Waals surface area (Å²) in [7, 11) is 5.07. The quantitative estimate of drug-likeness (QED) is 0.0884. The largest absolute Gasteiger partial charge is 0.493 e. The lowest BCUT2D eigenvalue weighted by molar-refractivity contribution is 0.0975. The molecule has 0 saturated carbocycles. The molecule has 0 spiro atoms. The van der Waals surface area contributed by atoms with Crippen LogP contribution >= 0.6 is 0 Å². The van der Waals surface area contributed by atoms with Crippen LogP contribution in [0.3, 0.4) is 0 Å². The van der Waals surface area contributed by atoms with Gasteiger partial charge in [-0.05, 0) is 115 Å². The molecule has 4 aliphatic rings. The molecule has 0 aromatic heterocycles. The van der Waals surface area contributed by atoms with Gasteiger partial charge in [-0.3, -0.25) is 19.5 Å². The van der Waals surface area contributed by atoms with Crippen LogP contribution in [-0.2, 0) is 37.2 Å². The summed E-state index contributed by atoms with van der Waals surface area (Å²) in [6.07, 6.45) is 5.13. The molecule has 5 aromatic carbocycles. The first-order chi connectivity index (χ1) is 30.2. The van der Waals surface area contributed by atoms with Gasteiger partial charge in [-0.2, -0.15) is 5.10 Å². The lowest BCUT2D eigenvalue weighted by atomic mass is 9.98. The Kier molecular flexibility index (Phi) is 11.4. The number of hydrogen-bond acceptors (Lipinski definition) is 10. The van der Waals surface area contributed by atoms with Crippen molar-refractivity contribution < 1.29 is 28.5 Å². The average Bonchev–Trinajstić information content (AvgIpc) is 3.77. The minimum atomic E-state index is -0.165. The summed E-state index contributed by atoms with van der Waals surface area (Å²) in [6, 6.07) is 30.2. The van der Waals surface area contributed by atoms with Crippen LogP contribution in [0.4, 0.5) is 22.7 Å². The van der Waals surface area contributed by atoms with Gasteiger partial charge in [-0.15, -0.1) is 0 Å². The van der Waals surface area contributed by atoms with E-state index in [1.165, 1.54) is 5.56 Å². The molecule has 5 aromatic rings. The van der Waals surface area contributed by atoms with Crippen molar-refractivity contribution in [3.63, 3.8) is 0 Å². The normalized spacial score (nSPS) is 17.3. The summed E-state index contributed by atoms with van der Waals surface area (Å²) in [5.41, 5.74) is 14.6. The molecule has 4 heterocycles. The van der Waals surface area contributed by atoms with Gasteiger partial charge < -0.3 is 34.2 Å². The summed E-state index contributed by atoms with van der Waals surface area (Å²) >= 11 is 0. The molecular weight excluding hydrogens is 781 g/mol. The summed E-state index contributed by atoms with van der Waals surface area (Å²) < 4.78 is 24.5. The number of aliphatic imine (C=N–C) groups is 1. The number of rotatable bonds is 14. The number of hydrogen-bond donors (Lipinski definition) is 1. The molecule has 318 valence electrons. The third-order valence-corrected chi connectivity index (χ3v) is 12.3. The second kappa shape index (κ2) is 17.4. The van der Waals surface area contributed by atoms with Gasteiger partial charge >= 0.3 is 0 Å². The van der Waals surface area contributed by atoms with Gasteiger partial charge in [0.1, 0.15) is 19.0 Å². The number of fused-ring (bicyclic) bond motifs is 8. The smallest absolute Gasteiger partial charge is 0.261 e. The van der Waals surface area contributed by atoms with Crippen LogP contribution in [0.5, 0.6) is 17.2 Å². The zero-order valence-corrected chi connectivity index (χ0v) is 35.9. The summed E-state index contributed by atoms with van der Waals surface area (Å²) in [5.74, 6) is 1.62. The summed E-state index contributed by atoms with van der Waals surface area (Å²) in [4.78, 5) is 38.9. The molecule has 0 fully saturated rings. The van der Waals surface area contributed by atoms with Crippen molar-refractivity contribution in [3.05, 3.63) is 136 Å². The maximum absolute atomic E-state index is 14.1. The highest BCUT2D eigenvalue weighted by atomic mass is 16.5. The van der Waals surface area contributed by atoms with Gasteiger partial charge in [0.15, 0.2) is 11.5 Å². The fourth-order valence-electron chi connectivity index (χ4n) is 9.32. The second-order valence-electron chi connectivity index (χ2n) is 16.4. The van der Waals surface area contributed by atoms with Crippen molar-refractivity contribution in [2.45, 2.75) is 64.8 Å². The number of carbonyl (C=O) groups excluding carboxylic acids is 2. The molecule has 9 rings (SSSR count). The molecule has 12 nitrogen and oxygen atoms in total. The maximum Gasteiger partial charge on any atom is 0.261 e. The number of benzene rings is 5. The fraction of sp³-hybridized carbons (Fsp3) is 0.320. The summed E-state index contributed by atoms with van der Waals surface area (Å²) in [5, 5.41) is 4.43. The molecule has 12 heteroatoms. The van der Waals surface area contributed by atoms with Crippen molar-refractivity contribution in [3.8, 4) is 17.2 Å². The number of para-hydroxylation sites is 2. The molecule has 0 bridgehead atoms. The van der Waals surface area contributed by atoms with Crippen LogP contribution < -0.4 is 34.3 Å². The number of amides is 2. The van der Waals surface area contributed by atoms with E-state index in [0.29, 0.717) is 48.9 Å². The molecule has 0 aliphatic carbocycles. The Hall–Kier alpha value is -6.66. The molecule has 0 saturated heterocycles. The Balaban J connectivity index is 0.993. The Bertz CT molecular complexity index is 2610. The summed E-state index contributed by atoms with van der Waals surface area (Å²) in [6.45, 7) is 6.21. The molecule has 2 amide bonds. The van der Waals surface area contributed by atoms with Gasteiger partial charge in [0.2, 0.25) is 0 Å². The number of methoxy groups -OCH3 is 2. The van der Waals surface area contributed by atoms with Gasteiger partial charge in [-0.25, -0.2) is 0 Å². The molecule has 62 heavy (non-hydrogen) atoms. The molecule has 1 N–H and O–H groups in total. The van der Waals surface area contributed by atoms with Gasteiger partial charge in [-0.1, -0.05) is 36.4 Å². The first kappa shape index (κ1) is 40.7. The third-order valence-electron chi connectivity index (χ3n) is 12.3. The predicted octanol–water partition coefficient (Wildman–Crippen LogP) is 8.01. The molecule has 0 unspecified atom stereocenters. The van der Waals surface area contributed by atoms with Crippen LogP contribution in [0.15, 0.2) is 101 Å². The van der Waals surface area contributed by atoms with Gasteiger partial charge in [0.05, 0.1) is 43.3 Å². The van der Waals surface area contributed by atoms with E-state index in [9.17, 15) is 9.59 Å². The number of nitrogens with zero attached hydrogens (tertiary/aromatic N) is 5. The van der Waals surface area contributed by atoms with Crippen molar-refractivity contribution >= 4 is 46.5 Å². The van der Waals surface area contributed by atoms with E-state index >= 15 is 0 Å². The lowest BCUT2D eigenvalue weighted by Gasteiger charge is -2.26. The minimum absolute atomic E-state index is 0.0586. The number of ether oxygens (including phenoxy) is 4. The van der Waals surface area contributed by atoms with Crippen LogP contribution in [0.2, 0.25) is 0 Å². The Morgan fingerprint density at radius 2 is 1.50 bits per heavy atom. The lowest BCUT2D eigenvalue weighted by Crippen LogP contribution is -2.37. The number of nitrogens with one attached hydrogen (secondary N) is 1. The maximum atomic E-state index is 14.1. The second-order valence-corrected chi connectivity index (χ2v) is 16.4. The van der Waals surface area contributed by atoms with E-state index in [4.69, 9.17) is 23.9 Å². The first-order valence-corrected chi connectivity index (χ1v) is 21.3. The van der Waals surface area contributed by atoms with Crippen molar-refractivity contribution in [2.75, 3.05) is 55.7 Å². The van der Waals surface area contributed by atoms with Crippen LogP contribution in [-0.4, -0.2) is 76.8 Å². The average molecular weight is 833 g/mol. The van der Waals surface area contributed by atoms with Crippen LogP contribution in [0.1, 0.15) is 67.4 Å². The van der Waals surface area contributed by atoms with Gasteiger partial charge in [0.25, 0.3) is 11.8 Å².